The van der Waals surface area contributed by atoms with Crippen LogP contribution < -0.4 is 15.1 Å². The number of aromatic nitrogens is 1. The van der Waals surface area contributed by atoms with Gasteiger partial charge in [-0.25, -0.2) is 4.98 Å². The summed E-state index contributed by atoms with van der Waals surface area (Å²) in [7, 11) is 2.01. The average molecular weight is 536 g/mol. The molecule has 206 valence electrons. The third-order valence-electron chi connectivity index (χ3n) is 7.80. The lowest BCUT2D eigenvalue weighted by molar-refractivity contribution is -0.137. The molecule has 0 amide bonds. The van der Waals surface area contributed by atoms with Gasteiger partial charge in [0.2, 0.25) is 0 Å². The number of rotatable bonds is 6. The van der Waals surface area contributed by atoms with Crippen LogP contribution in [-0.2, 0) is 6.18 Å². The van der Waals surface area contributed by atoms with Crippen molar-refractivity contribution in [2.24, 2.45) is 0 Å². The number of hydrogen-bond acceptors (Lipinski definition) is 5. The number of likely N-dealkylation sites (tertiary alicyclic amines) is 1. The Morgan fingerprint density at radius 2 is 1.69 bits per heavy atom. The molecular weight excluding hydrogens is 499 g/mol. The van der Waals surface area contributed by atoms with Gasteiger partial charge in [-0.15, -0.1) is 0 Å². The Balaban J connectivity index is 1.42. The monoisotopic (exact) mass is 535 g/mol. The fourth-order valence-electron chi connectivity index (χ4n) is 5.54. The molecule has 1 saturated heterocycles. The third-order valence-corrected chi connectivity index (χ3v) is 7.80. The van der Waals surface area contributed by atoms with Gasteiger partial charge in [-0.05, 0) is 81.2 Å². The first-order chi connectivity index (χ1) is 18.7. The van der Waals surface area contributed by atoms with Crippen molar-refractivity contribution in [2.45, 2.75) is 44.8 Å². The zero-order chi connectivity index (χ0) is 27.6. The molecule has 3 aromatic rings. The lowest BCUT2D eigenvalue weighted by atomic mass is 10.0. The van der Waals surface area contributed by atoms with E-state index in [-0.39, 0.29) is 0 Å². The lowest BCUT2D eigenvalue weighted by Crippen LogP contribution is -2.32. The van der Waals surface area contributed by atoms with E-state index in [2.05, 4.69) is 46.8 Å². The molecule has 39 heavy (non-hydrogen) atoms. The van der Waals surface area contributed by atoms with E-state index >= 15 is 0 Å². The van der Waals surface area contributed by atoms with Crippen LogP contribution in [0.25, 0.3) is 11.3 Å². The highest BCUT2D eigenvalue weighted by atomic mass is 19.4. The first-order valence-corrected chi connectivity index (χ1v) is 13.7. The zero-order valence-electron chi connectivity index (χ0n) is 22.6. The van der Waals surface area contributed by atoms with E-state index in [1.54, 1.807) is 12.1 Å². The molecular formula is C31H36F3N5. The molecule has 0 aliphatic carbocycles. The van der Waals surface area contributed by atoms with E-state index < -0.39 is 11.7 Å². The van der Waals surface area contributed by atoms with Crippen LogP contribution in [0.5, 0.6) is 0 Å². The number of nitrogens with one attached hydrogen (secondary N) is 1. The fraction of sp³-hybridized carbons (Fsp3) is 0.387. The van der Waals surface area contributed by atoms with Crippen molar-refractivity contribution in [3.63, 3.8) is 0 Å². The minimum Gasteiger partial charge on any atom is -0.372 e. The van der Waals surface area contributed by atoms with E-state index in [0.717, 1.165) is 49.6 Å². The van der Waals surface area contributed by atoms with Gasteiger partial charge >= 0.3 is 6.18 Å². The number of pyridine rings is 1. The lowest BCUT2D eigenvalue weighted by Gasteiger charge is -2.33. The van der Waals surface area contributed by atoms with Gasteiger partial charge < -0.3 is 15.1 Å². The molecule has 0 bridgehead atoms. The van der Waals surface area contributed by atoms with E-state index in [9.17, 15) is 13.2 Å². The summed E-state index contributed by atoms with van der Waals surface area (Å²) in [5.41, 5.74) is 3.36. The smallest absolute Gasteiger partial charge is 0.372 e. The second kappa shape index (κ2) is 11.3. The van der Waals surface area contributed by atoms with Gasteiger partial charge in [0.25, 0.3) is 0 Å². The molecule has 5 rings (SSSR count). The number of anilines is 3. The molecule has 0 saturated carbocycles. The molecule has 2 aliphatic rings. The van der Waals surface area contributed by atoms with Crippen LogP contribution in [-0.4, -0.2) is 43.1 Å². The zero-order valence-corrected chi connectivity index (χ0v) is 22.6. The Morgan fingerprint density at radius 1 is 0.923 bits per heavy atom. The second-order valence-electron chi connectivity index (χ2n) is 10.5. The molecule has 2 aromatic carbocycles. The topological polar surface area (TPSA) is 34.6 Å². The summed E-state index contributed by atoms with van der Waals surface area (Å²) < 4.78 is 40.1. The number of alkyl halides is 3. The Labute approximate surface area is 228 Å². The minimum absolute atomic E-state index is 0.338. The Kier molecular flexibility index (Phi) is 7.84. The number of hydrogen-bond donors (Lipinski definition) is 1. The van der Waals surface area contributed by atoms with E-state index in [1.807, 2.05) is 24.1 Å². The van der Waals surface area contributed by atoms with Crippen molar-refractivity contribution >= 4 is 17.2 Å². The van der Waals surface area contributed by atoms with Crippen molar-refractivity contribution in [3.05, 3.63) is 84.2 Å². The van der Waals surface area contributed by atoms with Crippen LogP contribution >= 0.6 is 0 Å². The minimum atomic E-state index is -4.41. The van der Waals surface area contributed by atoms with Crippen molar-refractivity contribution in [1.82, 2.24) is 9.88 Å². The summed E-state index contributed by atoms with van der Waals surface area (Å²) in [5, 5.41) is 3.49. The number of halogens is 3. The summed E-state index contributed by atoms with van der Waals surface area (Å²) in [6.45, 7) is 10.4. The maximum Gasteiger partial charge on any atom is 0.416 e. The molecule has 1 fully saturated rings. The Hall–Kier alpha value is -3.52. The fourth-order valence-corrected chi connectivity index (χ4v) is 5.54. The molecule has 2 aliphatic heterocycles. The standard InChI is InChI=1S/C31H36F3N5/c1-22(38-17-5-4-6-18-38)24-10-8-13-27(21-24)35-23(2)39-19-9-16-37(3)29-15-14-28(36-30(29)39)25-11-7-12-26(20-25)31(32,33)34/h7-8,10-15,20-22,35H,2,4-6,9,16-19H2,1,3H3. The highest BCUT2D eigenvalue weighted by molar-refractivity contribution is 5.75. The summed E-state index contributed by atoms with van der Waals surface area (Å²) in [6.07, 6.45) is 0.278. The Bertz CT molecular complexity index is 1320. The van der Waals surface area contributed by atoms with Crippen LogP contribution in [0.2, 0.25) is 0 Å². The van der Waals surface area contributed by atoms with Gasteiger partial charge in [-0.1, -0.05) is 37.3 Å². The van der Waals surface area contributed by atoms with E-state index in [4.69, 9.17) is 4.98 Å². The predicted octanol–water partition coefficient (Wildman–Crippen LogP) is 7.54. The van der Waals surface area contributed by atoms with Gasteiger partial charge in [-0.3, -0.25) is 4.90 Å². The van der Waals surface area contributed by atoms with E-state index in [0.29, 0.717) is 35.5 Å². The third kappa shape index (κ3) is 6.06. The maximum absolute atomic E-state index is 13.4. The molecule has 1 aromatic heterocycles. The van der Waals surface area contributed by atoms with Crippen molar-refractivity contribution in [2.75, 3.05) is 48.3 Å². The van der Waals surface area contributed by atoms with Crippen molar-refractivity contribution in [1.29, 1.82) is 0 Å². The average Bonchev–Trinajstić information content (AvgIpc) is 3.11. The van der Waals surface area contributed by atoms with Crippen LogP contribution in [0.15, 0.2) is 73.1 Å². The van der Waals surface area contributed by atoms with E-state index in [1.165, 1.54) is 30.9 Å². The van der Waals surface area contributed by atoms with Crippen molar-refractivity contribution < 1.29 is 13.2 Å². The van der Waals surface area contributed by atoms with Crippen molar-refractivity contribution in [3.8, 4) is 11.3 Å². The molecule has 1 N–H and O–H groups in total. The highest BCUT2D eigenvalue weighted by Gasteiger charge is 2.31. The summed E-state index contributed by atoms with van der Waals surface area (Å²) in [5.74, 6) is 1.36. The van der Waals surface area contributed by atoms with Gasteiger partial charge in [0.15, 0.2) is 5.82 Å². The SMILES string of the molecule is C=C(Nc1cccc(C(C)N2CCCCC2)c1)N1CCCN(C)c2ccc(-c3cccc(C(F)(F)F)c3)nc21. The van der Waals surface area contributed by atoms with Gasteiger partial charge in [0.05, 0.1) is 16.9 Å². The number of nitrogens with zero attached hydrogens (tertiary/aromatic N) is 4. The molecule has 3 heterocycles. The molecule has 1 unspecified atom stereocenters. The highest BCUT2D eigenvalue weighted by Crippen LogP contribution is 2.37. The molecule has 0 spiro atoms. The molecule has 5 nitrogen and oxygen atoms in total. The van der Waals surface area contributed by atoms with Gasteiger partial charge in [-0.2, -0.15) is 13.2 Å². The quantitative estimate of drug-likeness (QED) is 0.353. The normalized spacial score (nSPS) is 17.4. The molecule has 8 heteroatoms. The molecule has 1 atom stereocenters. The number of piperidine rings is 1. The van der Waals surface area contributed by atoms with Crippen LogP contribution in [0.4, 0.5) is 30.4 Å². The second-order valence-corrected chi connectivity index (χ2v) is 10.5. The number of benzene rings is 2. The molecule has 0 radical (unpaired) electrons. The Morgan fingerprint density at radius 3 is 2.46 bits per heavy atom. The summed E-state index contributed by atoms with van der Waals surface area (Å²) >= 11 is 0. The van der Waals surface area contributed by atoms with Crippen LogP contribution in [0, 0.1) is 0 Å². The largest absolute Gasteiger partial charge is 0.416 e. The maximum atomic E-state index is 13.4. The van der Waals surface area contributed by atoms with Gasteiger partial charge in [0, 0.05) is 37.4 Å². The van der Waals surface area contributed by atoms with Crippen LogP contribution in [0.1, 0.15) is 49.8 Å². The predicted molar refractivity (Wildman–Crippen MR) is 153 cm³/mol. The number of fused-ring (bicyclic) bond motifs is 1. The van der Waals surface area contributed by atoms with Crippen LogP contribution in [0.3, 0.4) is 0 Å². The summed E-state index contributed by atoms with van der Waals surface area (Å²) in [4.78, 5) is 11.6. The first-order valence-electron chi connectivity index (χ1n) is 13.7. The first kappa shape index (κ1) is 27.1. The summed E-state index contributed by atoms with van der Waals surface area (Å²) in [6, 6.07) is 17.8. The van der Waals surface area contributed by atoms with Gasteiger partial charge in [0.1, 0.15) is 5.82 Å².